The molecule has 0 fully saturated rings. The van der Waals surface area contributed by atoms with E-state index < -0.39 is 0 Å². The molecule has 1 aliphatic rings. The predicted octanol–water partition coefficient (Wildman–Crippen LogP) is 17.4. The van der Waals surface area contributed by atoms with E-state index in [0.29, 0.717) is 0 Å². The Hall–Kier alpha value is -8.20. The Bertz CT molecular complexity index is 3730. The molecule has 13 rings (SSSR count). The first-order valence-corrected chi connectivity index (χ1v) is 23.2. The van der Waals surface area contributed by atoms with E-state index in [1.165, 1.54) is 122 Å². The van der Waals surface area contributed by atoms with E-state index in [0.717, 1.165) is 0 Å². The van der Waals surface area contributed by atoms with Crippen LogP contribution >= 0.6 is 0 Å². The molecule has 0 spiro atoms. The van der Waals surface area contributed by atoms with Crippen LogP contribution in [0.25, 0.3) is 111 Å². The van der Waals surface area contributed by atoms with Gasteiger partial charge in [-0.1, -0.05) is 172 Å². The Morgan fingerprint density at radius 3 is 1.29 bits per heavy atom. The van der Waals surface area contributed by atoms with Crippen molar-refractivity contribution in [3.8, 4) is 67.0 Å². The van der Waals surface area contributed by atoms with Crippen LogP contribution in [-0.4, -0.2) is 9.13 Å². The summed E-state index contributed by atoms with van der Waals surface area (Å²) in [4.78, 5) is 0. The highest BCUT2D eigenvalue weighted by molar-refractivity contribution is 6.15. The molecule has 1 aliphatic carbocycles. The lowest BCUT2D eigenvalue weighted by molar-refractivity contribution is 0.619. The van der Waals surface area contributed by atoms with Crippen LogP contribution in [-0.2, 0) is 0 Å². The zero-order chi connectivity index (χ0) is 43.9. The van der Waals surface area contributed by atoms with Crippen LogP contribution in [0.5, 0.6) is 0 Å². The van der Waals surface area contributed by atoms with Crippen molar-refractivity contribution in [2.75, 3.05) is 0 Å². The number of fused-ring (bicyclic) bond motifs is 10. The molecule has 2 unspecified atom stereocenters. The summed E-state index contributed by atoms with van der Waals surface area (Å²) < 4.78 is 5.01. The van der Waals surface area contributed by atoms with Gasteiger partial charge in [0.2, 0.25) is 0 Å². The molecule has 0 bridgehead atoms. The summed E-state index contributed by atoms with van der Waals surface area (Å²) in [6.45, 7) is 4.90. The quantitative estimate of drug-likeness (QED) is 0.158. The Morgan fingerprint density at radius 1 is 0.288 bits per heavy atom. The summed E-state index contributed by atoms with van der Waals surface area (Å²) in [5.41, 5.74) is 22.6. The van der Waals surface area contributed by atoms with Crippen LogP contribution < -0.4 is 0 Å². The maximum atomic E-state index is 2.54. The second kappa shape index (κ2) is 15.2. The molecular formula is C64H46N2. The lowest BCUT2D eigenvalue weighted by Gasteiger charge is -2.33. The highest BCUT2D eigenvalue weighted by Gasteiger charge is 2.33. The van der Waals surface area contributed by atoms with E-state index in [4.69, 9.17) is 0 Å². The van der Waals surface area contributed by atoms with Crippen LogP contribution in [0, 0.1) is 0 Å². The second-order valence-electron chi connectivity index (χ2n) is 18.2. The molecule has 0 radical (unpaired) electrons. The topological polar surface area (TPSA) is 9.86 Å². The van der Waals surface area contributed by atoms with Gasteiger partial charge in [-0.2, -0.15) is 0 Å². The molecule has 2 atom stereocenters. The molecule has 2 heteroatoms. The molecular weight excluding hydrogens is 797 g/mol. The third kappa shape index (κ3) is 6.02. The molecule has 2 heterocycles. The molecule has 66 heavy (non-hydrogen) atoms. The minimum Gasteiger partial charge on any atom is -0.309 e. The highest BCUT2D eigenvalue weighted by Crippen LogP contribution is 2.53. The van der Waals surface area contributed by atoms with Gasteiger partial charge in [0, 0.05) is 32.9 Å². The molecule has 10 aromatic carbocycles. The number of rotatable bonds is 6. The average Bonchev–Trinajstić information content (AvgIpc) is 3.90. The molecule has 2 nitrogen and oxygen atoms in total. The number of aromatic nitrogens is 2. The summed E-state index contributed by atoms with van der Waals surface area (Å²) in [7, 11) is 0. The van der Waals surface area contributed by atoms with Gasteiger partial charge < -0.3 is 9.13 Å². The summed E-state index contributed by atoms with van der Waals surface area (Å²) in [6.07, 6.45) is 0. The third-order valence-corrected chi connectivity index (χ3v) is 14.5. The van der Waals surface area contributed by atoms with E-state index in [9.17, 15) is 0 Å². The van der Waals surface area contributed by atoms with Crippen molar-refractivity contribution in [3.63, 3.8) is 0 Å². The largest absolute Gasteiger partial charge is 0.309 e. The monoisotopic (exact) mass is 842 g/mol. The molecule has 0 N–H and O–H groups in total. The van der Waals surface area contributed by atoms with Crippen LogP contribution in [0.1, 0.15) is 36.8 Å². The number of hydrogen-bond donors (Lipinski definition) is 0. The lowest BCUT2D eigenvalue weighted by Crippen LogP contribution is -2.15. The molecule has 12 aromatic rings. The first-order chi connectivity index (χ1) is 32.6. The van der Waals surface area contributed by atoms with Crippen LogP contribution in [0.2, 0.25) is 0 Å². The van der Waals surface area contributed by atoms with Gasteiger partial charge in [0.05, 0.1) is 22.1 Å². The smallest absolute Gasteiger partial charge is 0.0582 e. The Kier molecular flexibility index (Phi) is 8.83. The normalized spacial score (nSPS) is 14.5. The van der Waals surface area contributed by atoms with Gasteiger partial charge in [-0.05, 0) is 151 Å². The number of para-hydroxylation sites is 2. The zero-order valence-corrected chi connectivity index (χ0v) is 37.0. The van der Waals surface area contributed by atoms with Crippen molar-refractivity contribution in [1.29, 1.82) is 0 Å². The maximum Gasteiger partial charge on any atom is 0.0582 e. The SMILES string of the molecule is CC1c2cc3c4cc(-c5cccc(-c6ccccc6)c5)ccc4n(-c4ccccc4)c3cc2-c2ccc3c4cc(-c5cccc(-c6ccccc6)c5)ccc4n(-c4ccccc4)c3c2C1C. The predicted molar refractivity (Wildman–Crippen MR) is 279 cm³/mol. The van der Waals surface area contributed by atoms with Gasteiger partial charge in [-0.15, -0.1) is 0 Å². The molecule has 0 saturated carbocycles. The van der Waals surface area contributed by atoms with Crippen molar-refractivity contribution in [1.82, 2.24) is 9.13 Å². The van der Waals surface area contributed by atoms with Crippen molar-refractivity contribution < 1.29 is 0 Å². The van der Waals surface area contributed by atoms with E-state index in [2.05, 4.69) is 254 Å². The standard InChI is InChI=1S/C64H46N2/c1-41-42(2)63-53(31-32-54-57-37-49(47-23-15-21-45(35-47)43-17-7-3-8-18-43)30-34-61(57)66(64(54)63)52-27-13-6-14-28-52)56-40-62-59(39-55(41)56)58-38-50(29-33-60(58)65(62)51-25-11-5-12-26-51)48-24-16-22-46(36-48)44-19-9-4-10-20-44/h3-42H,1-2H3. The van der Waals surface area contributed by atoms with E-state index in [1.807, 2.05) is 0 Å². The first-order valence-electron chi connectivity index (χ1n) is 23.2. The zero-order valence-electron chi connectivity index (χ0n) is 37.0. The summed E-state index contributed by atoms with van der Waals surface area (Å²) in [5, 5.41) is 5.13. The van der Waals surface area contributed by atoms with Gasteiger partial charge in [0.1, 0.15) is 0 Å². The first kappa shape index (κ1) is 38.3. The summed E-state index contributed by atoms with van der Waals surface area (Å²) >= 11 is 0. The van der Waals surface area contributed by atoms with Crippen molar-refractivity contribution >= 4 is 43.6 Å². The van der Waals surface area contributed by atoms with E-state index in [1.54, 1.807) is 0 Å². The van der Waals surface area contributed by atoms with Crippen molar-refractivity contribution in [2.45, 2.75) is 25.7 Å². The average molecular weight is 843 g/mol. The molecule has 2 aromatic heterocycles. The van der Waals surface area contributed by atoms with Gasteiger partial charge in [0.25, 0.3) is 0 Å². The van der Waals surface area contributed by atoms with Crippen LogP contribution in [0.3, 0.4) is 0 Å². The summed E-state index contributed by atoms with van der Waals surface area (Å²) in [5.74, 6) is 0.545. The second-order valence-corrected chi connectivity index (χ2v) is 18.2. The van der Waals surface area contributed by atoms with Gasteiger partial charge >= 0.3 is 0 Å². The van der Waals surface area contributed by atoms with Crippen LogP contribution in [0.4, 0.5) is 0 Å². The van der Waals surface area contributed by atoms with Gasteiger partial charge in [-0.25, -0.2) is 0 Å². The molecule has 0 amide bonds. The van der Waals surface area contributed by atoms with E-state index >= 15 is 0 Å². The third-order valence-electron chi connectivity index (χ3n) is 14.5. The highest BCUT2D eigenvalue weighted by atomic mass is 15.0. The van der Waals surface area contributed by atoms with Crippen molar-refractivity contribution in [2.24, 2.45) is 0 Å². The lowest BCUT2D eigenvalue weighted by atomic mass is 9.72. The summed E-state index contributed by atoms with van der Waals surface area (Å²) in [6, 6.07) is 85.2. The minimum atomic E-state index is 0.265. The van der Waals surface area contributed by atoms with Gasteiger partial charge in [0.15, 0.2) is 0 Å². The molecule has 0 saturated heterocycles. The Morgan fingerprint density at radius 2 is 0.727 bits per heavy atom. The fourth-order valence-corrected chi connectivity index (χ4v) is 11.1. The van der Waals surface area contributed by atoms with Crippen LogP contribution in [0.15, 0.2) is 231 Å². The number of hydrogen-bond acceptors (Lipinski definition) is 0. The maximum absolute atomic E-state index is 2.54. The molecule has 312 valence electrons. The van der Waals surface area contributed by atoms with Crippen molar-refractivity contribution in [3.05, 3.63) is 242 Å². The fourth-order valence-electron chi connectivity index (χ4n) is 11.1. The Balaban J connectivity index is 1.03. The fraction of sp³-hybridized carbons (Fsp3) is 0.0625. The Labute approximate surface area is 385 Å². The minimum absolute atomic E-state index is 0.265. The van der Waals surface area contributed by atoms with Gasteiger partial charge in [-0.3, -0.25) is 0 Å². The number of benzene rings is 10. The van der Waals surface area contributed by atoms with E-state index in [-0.39, 0.29) is 11.8 Å². The molecule has 0 aliphatic heterocycles. The number of nitrogens with zero attached hydrogens (tertiary/aromatic N) is 2.